The molecule has 0 aliphatic rings. The van der Waals surface area contributed by atoms with E-state index in [0.717, 1.165) is 17.2 Å². The zero-order valence-electron chi connectivity index (χ0n) is 10.9. The van der Waals surface area contributed by atoms with Crippen LogP contribution in [0.2, 0.25) is 5.02 Å². The summed E-state index contributed by atoms with van der Waals surface area (Å²) in [6.07, 6.45) is 0. The number of aromatic nitrogens is 5. The van der Waals surface area contributed by atoms with Crippen LogP contribution in [0.25, 0.3) is 11.0 Å². The van der Waals surface area contributed by atoms with E-state index in [4.69, 9.17) is 22.1 Å². The van der Waals surface area contributed by atoms with Crippen LogP contribution in [0.4, 0.5) is 17.6 Å². The van der Waals surface area contributed by atoms with Crippen LogP contribution in [0.1, 0.15) is 6.92 Å². The van der Waals surface area contributed by atoms with Crippen molar-refractivity contribution in [2.75, 3.05) is 17.7 Å². The van der Waals surface area contributed by atoms with Crippen molar-refractivity contribution in [3.05, 3.63) is 17.2 Å². The number of rotatable bonds is 4. The molecule has 0 fully saturated rings. The van der Waals surface area contributed by atoms with Crippen molar-refractivity contribution < 1.29 is 4.74 Å². The molecule has 2 heterocycles. The smallest absolute Gasteiger partial charge is 0.323 e. The molecule has 0 saturated carbocycles. The molecule has 0 bridgehead atoms. The fraction of sp³-hybridized carbons (Fsp3) is 0.182. The number of hydrogen-bond donors (Lipinski definition) is 2. The standard InChI is InChI=1S/C11H10ClN7OS/c1-2-20-11-16-9(13)15-10(17-11)14-7-5(12)3-4-6-8(7)19-21-18-6/h3-4H,2H2,1H3,(H3,13,14,15,16,17). The minimum Gasteiger partial charge on any atom is -0.464 e. The van der Waals surface area contributed by atoms with Crippen LogP contribution in [-0.2, 0) is 0 Å². The Morgan fingerprint density at radius 1 is 1.29 bits per heavy atom. The summed E-state index contributed by atoms with van der Waals surface area (Å²) in [5.41, 5.74) is 7.58. The minimum atomic E-state index is 0.0515. The lowest BCUT2D eigenvalue weighted by Gasteiger charge is -2.08. The molecule has 108 valence electrons. The number of anilines is 3. The van der Waals surface area contributed by atoms with Crippen molar-refractivity contribution >= 4 is 51.9 Å². The van der Waals surface area contributed by atoms with Crippen molar-refractivity contribution in [3.8, 4) is 6.01 Å². The third kappa shape index (κ3) is 2.78. The number of fused-ring (bicyclic) bond motifs is 1. The van der Waals surface area contributed by atoms with Crippen LogP contribution in [0, 0.1) is 0 Å². The molecule has 0 saturated heterocycles. The molecular weight excluding hydrogens is 314 g/mol. The summed E-state index contributed by atoms with van der Waals surface area (Å²) in [4.78, 5) is 12.0. The Morgan fingerprint density at radius 2 is 2.14 bits per heavy atom. The monoisotopic (exact) mass is 323 g/mol. The summed E-state index contributed by atoms with van der Waals surface area (Å²) >= 11 is 7.29. The zero-order valence-corrected chi connectivity index (χ0v) is 12.4. The van der Waals surface area contributed by atoms with Gasteiger partial charge in [-0.15, -0.1) is 0 Å². The topological polar surface area (TPSA) is 112 Å². The predicted molar refractivity (Wildman–Crippen MR) is 81.1 cm³/mol. The van der Waals surface area contributed by atoms with Gasteiger partial charge in [-0.05, 0) is 19.1 Å². The molecule has 3 N–H and O–H groups in total. The van der Waals surface area contributed by atoms with Gasteiger partial charge in [0.1, 0.15) is 11.0 Å². The molecule has 0 unspecified atom stereocenters. The Morgan fingerprint density at radius 3 is 2.95 bits per heavy atom. The summed E-state index contributed by atoms with van der Waals surface area (Å²) in [5.74, 6) is 0.281. The highest BCUT2D eigenvalue weighted by atomic mass is 35.5. The second-order valence-corrected chi connectivity index (χ2v) is 4.85. The summed E-state index contributed by atoms with van der Waals surface area (Å²) in [5, 5.41) is 3.47. The number of benzene rings is 1. The Bertz CT molecular complexity index is 793. The van der Waals surface area contributed by atoms with Gasteiger partial charge >= 0.3 is 6.01 Å². The van der Waals surface area contributed by atoms with E-state index < -0.39 is 0 Å². The van der Waals surface area contributed by atoms with Gasteiger partial charge < -0.3 is 15.8 Å². The molecule has 0 radical (unpaired) electrons. The molecule has 0 amide bonds. The van der Waals surface area contributed by atoms with Crippen LogP contribution in [0.15, 0.2) is 12.1 Å². The van der Waals surface area contributed by atoms with Crippen LogP contribution in [-0.4, -0.2) is 30.3 Å². The van der Waals surface area contributed by atoms with Gasteiger partial charge in [0.15, 0.2) is 0 Å². The van der Waals surface area contributed by atoms with Gasteiger partial charge in [0.2, 0.25) is 11.9 Å². The Labute approximate surface area is 128 Å². The van der Waals surface area contributed by atoms with Crippen molar-refractivity contribution in [2.24, 2.45) is 0 Å². The first kappa shape index (κ1) is 13.7. The Kier molecular flexibility index (Phi) is 3.67. The van der Waals surface area contributed by atoms with Gasteiger partial charge in [0.05, 0.1) is 29.0 Å². The average molecular weight is 324 g/mol. The normalized spacial score (nSPS) is 10.8. The second kappa shape index (κ2) is 5.62. The number of hydrogen-bond acceptors (Lipinski definition) is 9. The van der Waals surface area contributed by atoms with Gasteiger partial charge in [0, 0.05) is 0 Å². The van der Waals surface area contributed by atoms with Crippen molar-refractivity contribution in [1.82, 2.24) is 23.7 Å². The summed E-state index contributed by atoms with van der Waals surface area (Å²) < 4.78 is 13.6. The molecule has 0 spiro atoms. The van der Waals surface area contributed by atoms with Crippen LogP contribution in [0.5, 0.6) is 6.01 Å². The van der Waals surface area contributed by atoms with Crippen LogP contribution < -0.4 is 15.8 Å². The molecule has 0 aliphatic carbocycles. The Balaban J connectivity index is 2.02. The zero-order chi connectivity index (χ0) is 14.8. The summed E-state index contributed by atoms with van der Waals surface area (Å²) in [6.45, 7) is 2.25. The van der Waals surface area contributed by atoms with Gasteiger partial charge in [-0.2, -0.15) is 23.7 Å². The molecular formula is C11H10ClN7OS. The lowest BCUT2D eigenvalue weighted by Crippen LogP contribution is -2.07. The van der Waals surface area contributed by atoms with E-state index in [-0.39, 0.29) is 17.9 Å². The molecule has 8 nitrogen and oxygen atoms in total. The Hall–Kier alpha value is -2.26. The number of ether oxygens (including phenoxy) is 1. The lowest BCUT2D eigenvalue weighted by atomic mass is 10.2. The van der Waals surface area contributed by atoms with E-state index in [0.29, 0.717) is 22.8 Å². The highest BCUT2D eigenvalue weighted by Crippen LogP contribution is 2.31. The fourth-order valence-electron chi connectivity index (χ4n) is 1.68. The van der Waals surface area contributed by atoms with Gasteiger partial charge in [-0.3, -0.25) is 0 Å². The van der Waals surface area contributed by atoms with E-state index in [2.05, 4.69) is 29.0 Å². The molecule has 0 aliphatic heterocycles. The van der Waals surface area contributed by atoms with Gasteiger partial charge in [0.25, 0.3) is 0 Å². The quantitative estimate of drug-likeness (QED) is 0.751. The number of halogens is 1. The molecule has 2 aromatic heterocycles. The third-order valence-electron chi connectivity index (χ3n) is 2.52. The average Bonchev–Trinajstić information content (AvgIpc) is 2.90. The molecule has 3 rings (SSSR count). The molecule has 3 aromatic rings. The highest BCUT2D eigenvalue weighted by molar-refractivity contribution is 7.00. The SMILES string of the molecule is CCOc1nc(N)nc(Nc2c(Cl)ccc3nsnc23)n1. The lowest BCUT2D eigenvalue weighted by molar-refractivity contribution is 0.312. The molecule has 21 heavy (non-hydrogen) atoms. The van der Waals surface area contributed by atoms with E-state index in [1.165, 1.54) is 0 Å². The third-order valence-corrected chi connectivity index (χ3v) is 3.38. The summed E-state index contributed by atoms with van der Waals surface area (Å²) in [7, 11) is 0. The van der Waals surface area contributed by atoms with Gasteiger partial charge in [-0.1, -0.05) is 11.6 Å². The van der Waals surface area contributed by atoms with Gasteiger partial charge in [-0.25, -0.2) is 0 Å². The first-order valence-corrected chi connectivity index (χ1v) is 7.10. The second-order valence-electron chi connectivity index (χ2n) is 3.91. The van der Waals surface area contributed by atoms with E-state index >= 15 is 0 Å². The number of nitrogens with zero attached hydrogens (tertiary/aromatic N) is 5. The fourth-order valence-corrected chi connectivity index (χ4v) is 2.42. The first-order chi connectivity index (χ1) is 10.2. The number of nitrogen functional groups attached to an aromatic ring is 1. The predicted octanol–water partition coefficient (Wildman–Crippen LogP) is 2.25. The minimum absolute atomic E-state index is 0.0515. The van der Waals surface area contributed by atoms with Crippen LogP contribution in [0.3, 0.4) is 0 Å². The van der Waals surface area contributed by atoms with E-state index in [1.807, 2.05) is 6.92 Å². The molecule has 10 heteroatoms. The first-order valence-electron chi connectivity index (χ1n) is 5.99. The van der Waals surface area contributed by atoms with Crippen molar-refractivity contribution in [2.45, 2.75) is 6.92 Å². The maximum atomic E-state index is 6.19. The molecule has 0 atom stereocenters. The number of nitrogens with two attached hydrogens (primary N) is 1. The largest absolute Gasteiger partial charge is 0.464 e. The maximum Gasteiger partial charge on any atom is 0.323 e. The highest BCUT2D eigenvalue weighted by Gasteiger charge is 2.13. The molecule has 1 aromatic carbocycles. The maximum absolute atomic E-state index is 6.19. The summed E-state index contributed by atoms with van der Waals surface area (Å²) in [6, 6.07) is 3.66. The van der Waals surface area contributed by atoms with E-state index in [9.17, 15) is 0 Å². The van der Waals surface area contributed by atoms with Crippen molar-refractivity contribution in [3.63, 3.8) is 0 Å². The van der Waals surface area contributed by atoms with Crippen LogP contribution >= 0.6 is 23.3 Å². The van der Waals surface area contributed by atoms with Crippen molar-refractivity contribution in [1.29, 1.82) is 0 Å². The number of nitrogens with one attached hydrogen (secondary N) is 1. The van der Waals surface area contributed by atoms with E-state index in [1.54, 1.807) is 12.1 Å².